The van der Waals surface area contributed by atoms with E-state index in [2.05, 4.69) is 10.3 Å². The van der Waals surface area contributed by atoms with Crippen LogP contribution in [-0.2, 0) is 12.0 Å². The molecule has 1 aromatic heterocycles. The topological polar surface area (TPSA) is 68.0 Å². The lowest BCUT2D eigenvalue weighted by molar-refractivity contribution is 0.0687. The molecule has 1 heterocycles. The molecule has 5 nitrogen and oxygen atoms in total. The highest BCUT2D eigenvalue weighted by atomic mass is 35.5. The van der Waals surface area contributed by atoms with Crippen LogP contribution in [0.3, 0.4) is 0 Å². The summed E-state index contributed by atoms with van der Waals surface area (Å²) in [5.74, 6) is -1.65. The molecule has 0 amide bonds. The van der Waals surface area contributed by atoms with E-state index in [1.54, 1.807) is 6.07 Å². The van der Waals surface area contributed by atoms with E-state index in [1.807, 2.05) is 20.8 Å². The molecule has 0 spiro atoms. The fraction of sp³-hybridized carbons (Fsp3) is 0.357. The van der Waals surface area contributed by atoms with Gasteiger partial charge in [-0.15, -0.1) is 5.10 Å². The number of aromatic nitrogens is 3. The van der Waals surface area contributed by atoms with Gasteiger partial charge in [-0.1, -0.05) is 43.7 Å². The second-order valence-corrected chi connectivity index (χ2v) is 6.16. The Morgan fingerprint density at radius 3 is 2.62 bits per heavy atom. The predicted octanol–water partition coefficient (Wildman–Crippen LogP) is 3.11. The molecule has 0 unspecified atom stereocenters. The first-order valence-electron chi connectivity index (χ1n) is 6.31. The van der Waals surface area contributed by atoms with Crippen molar-refractivity contribution in [1.82, 2.24) is 15.0 Å². The van der Waals surface area contributed by atoms with Crippen LogP contribution < -0.4 is 0 Å². The molecule has 2 aromatic rings. The number of benzene rings is 1. The summed E-state index contributed by atoms with van der Waals surface area (Å²) >= 11 is 5.65. The quantitative estimate of drug-likeness (QED) is 0.945. The first-order chi connectivity index (χ1) is 9.70. The third-order valence-corrected chi connectivity index (χ3v) is 3.27. The Hall–Kier alpha value is -1.95. The zero-order valence-corrected chi connectivity index (χ0v) is 12.6. The minimum atomic E-state index is -1.13. The number of hydrogen-bond acceptors (Lipinski definition) is 3. The fourth-order valence-electron chi connectivity index (χ4n) is 2.12. The first-order valence-corrected chi connectivity index (χ1v) is 6.69. The van der Waals surface area contributed by atoms with Crippen LogP contribution in [-0.4, -0.2) is 26.1 Å². The monoisotopic (exact) mass is 311 g/mol. The van der Waals surface area contributed by atoms with Crippen LogP contribution in [0, 0.1) is 5.82 Å². The average molecular weight is 312 g/mol. The van der Waals surface area contributed by atoms with E-state index in [-0.39, 0.29) is 17.3 Å². The van der Waals surface area contributed by atoms with Crippen molar-refractivity contribution in [2.24, 2.45) is 0 Å². The molecule has 1 aromatic carbocycles. The lowest BCUT2D eigenvalue weighted by Gasteiger charge is -2.20. The Morgan fingerprint density at radius 1 is 1.43 bits per heavy atom. The number of aromatic carboxylic acids is 1. The lowest BCUT2D eigenvalue weighted by atomic mass is 9.90. The second kappa shape index (κ2) is 5.44. The number of nitrogens with zero attached hydrogens (tertiary/aromatic N) is 3. The van der Waals surface area contributed by atoms with E-state index in [4.69, 9.17) is 11.6 Å². The van der Waals surface area contributed by atoms with Crippen LogP contribution in [0.2, 0.25) is 5.02 Å². The van der Waals surface area contributed by atoms with Crippen LogP contribution in [0.15, 0.2) is 18.2 Å². The molecule has 0 fully saturated rings. The van der Waals surface area contributed by atoms with Crippen LogP contribution in [0.5, 0.6) is 0 Å². The summed E-state index contributed by atoms with van der Waals surface area (Å²) in [6, 6.07) is 4.43. The third kappa shape index (κ3) is 3.21. The molecule has 112 valence electrons. The summed E-state index contributed by atoms with van der Waals surface area (Å²) in [5.41, 5.74) is 0.578. The SMILES string of the molecule is CC(C)(C)c1c(C(=O)O)nnn1Cc1ccc(Cl)c(F)c1. The van der Waals surface area contributed by atoms with Crippen molar-refractivity contribution in [2.45, 2.75) is 32.7 Å². The minimum Gasteiger partial charge on any atom is -0.476 e. The van der Waals surface area contributed by atoms with Crippen molar-refractivity contribution in [2.75, 3.05) is 0 Å². The maximum Gasteiger partial charge on any atom is 0.358 e. The fourth-order valence-corrected chi connectivity index (χ4v) is 2.24. The van der Waals surface area contributed by atoms with Gasteiger partial charge in [0.1, 0.15) is 5.82 Å². The van der Waals surface area contributed by atoms with Gasteiger partial charge in [0.15, 0.2) is 5.69 Å². The maximum atomic E-state index is 13.5. The second-order valence-electron chi connectivity index (χ2n) is 5.75. The molecular formula is C14H15ClFN3O2. The number of carbonyl (C=O) groups is 1. The Bertz CT molecular complexity index is 692. The highest BCUT2D eigenvalue weighted by Crippen LogP contribution is 2.25. The molecule has 2 rings (SSSR count). The summed E-state index contributed by atoms with van der Waals surface area (Å²) in [7, 11) is 0. The Morgan fingerprint density at radius 2 is 2.10 bits per heavy atom. The zero-order valence-electron chi connectivity index (χ0n) is 11.9. The van der Waals surface area contributed by atoms with E-state index in [9.17, 15) is 14.3 Å². The molecule has 1 N–H and O–H groups in total. The number of carboxylic acid groups (broad SMARTS) is 1. The molecule has 21 heavy (non-hydrogen) atoms. The van der Waals surface area contributed by atoms with Gasteiger partial charge in [-0.3, -0.25) is 0 Å². The van der Waals surface area contributed by atoms with Crippen molar-refractivity contribution in [3.8, 4) is 0 Å². The number of halogens is 2. The molecular weight excluding hydrogens is 297 g/mol. The lowest BCUT2D eigenvalue weighted by Crippen LogP contribution is -2.22. The van der Waals surface area contributed by atoms with Crippen molar-refractivity contribution in [3.05, 3.63) is 46.0 Å². The molecule has 0 aliphatic rings. The molecule has 0 aliphatic heterocycles. The molecule has 0 saturated heterocycles. The van der Waals surface area contributed by atoms with E-state index in [0.29, 0.717) is 11.3 Å². The van der Waals surface area contributed by atoms with E-state index in [0.717, 1.165) is 0 Å². The van der Waals surface area contributed by atoms with Crippen LogP contribution in [0.25, 0.3) is 0 Å². The summed E-state index contributed by atoms with van der Waals surface area (Å²) in [6.07, 6.45) is 0. The van der Waals surface area contributed by atoms with Gasteiger partial charge in [-0.2, -0.15) is 0 Å². The number of rotatable bonds is 3. The van der Waals surface area contributed by atoms with E-state index < -0.39 is 17.2 Å². The average Bonchev–Trinajstić information content (AvgIpc) is 2.77. The van der Waals surface area contributed by atoms with Gasteiger partial charge in [0.25, 0.3) is 0 Å². The first kappa shape index (κ1) is 15.4. The molecule has 0 saturated carbocycles. The Kier molecular flexibility index (Phi) is 4.00. The summed E-state index contributed by atoms with van der Waals surface area (Å²) in [4.78, 5) is 11.2. The third-order valence-electron chi connectivity index (χ3n) is 2.96. The van der Waals surface area contributed by atoms with Gasteiger partial charge in [0.05, 0.1) is 17.3 Å². The molecule has 0 atom stereocenters. The van der Waals surface area contributed by atoms with E-state index in [1.165, 1.54) is 16.8 Å². The summed E-state index contributed by atoms with van der Waals surface area (Å²) in [5, 5.41) is 16.8. The van der Waals surface area contributed by atoms with Crippen molar-refractivity contribution < 1.29 is 14.3 Å². The largest absolute Gasteiger partial charge is 0.476 e. The predicted molar refractivity (Wildman–Crippen MR) is 76.2 cm³/mol. The van der Waals surface area contributed by atoms with Crippen LogP contribution in [0.4, 0.5) is 4.39 Å². The van der Waals surface area contributed by atoms with Gasteiger partial charge in [-0.05, 0) is 17.7 Å². The Balaban J connectivity index is 2.45. The van der Waals surface area contributed by atoms with Gasteiger partial charge < -0.3 is 5.11 Å². The minimum absolute atomic E-state index is 0.0413. The molecule has 0 radical (unpaired) electrons. The normalized spacial score (nSPS) is 11.7. The van der Waals surface area contributed by atoms with Crippen molar-refractivity contribution in [3.63, 3.8) is 0 Å². The molecule has 0 bridgehead atoms. The summed E-state index contributed by atoms with van der Waals surface area (Å²) < 4.78 is 15.0. The number of carboxylic acids is 1. The summed E-state index contributed by atoms with van der Waals surface area (Å²) in [6.45, 7) is 5.84. The number of hydrogen-bond donors (Lipinski definition) is 1. The van der Waals surface area contributed by atoms with Crippen LogP contribution >= 0.6 is 11.6 Å². The molecule has 0 aliphatic carbocycles. The smallest absolute Gasteiger partial charge is 0.358 e. The van der Waals surface area contributed by atoms with Crippen LogP contribution in [0.1, 0.15) is 42.5 Å². The van der Waals surface area contributed by atoms with Gasteiger partial charge >= 0.3 is 5.97 Å². The highest BCUT2D eigenvalue weighted by molar-refractivity contribution is 6.30. The van der Waals surface area contributed by atoms with Crippen molar-refractivity contribution >= 4 is 17.6 Å². The molecule has 7 heteroatoms. The maximum absolute atomic E-state index is 13.5. The van der Waals surface area contributed by atoms with Crippen molar-refractivity contribution in [1.29, 1.82) is 0 Å². The van der Waals surface area contributed by atoms with Gasteiger partial charge in [-0.25, -0.2) is 13.9 Å². The van der Waals surface area contributed by atoms with E-state index >= 15 is 0 Å². The Labute approximate surface area is 126 Å². The van der Waals surface area contributed by atoms with Gasteiger partial charge in [0.2, 0.25) is 0 Å². The van der Waals surface area contributed by atoms with Gasteiger partial charge in [0, 0.05) is 5.41 Å². The zero-order chi connectivity index (χ0) is 15.8. The standard InChI is InChI=1S/C14H15ClFN3O2/c1-14(2,3)12-11(13(20)21)17-18-19(12)7-8-4-5-9(15)10(16)6-8/h4-6H,7H2,1-3H3,(H,20,21). The highest BCUT2D eigenvalue weighted by Gasteiger charge is 2.28.